The van der Waals surface area contributed by atoms with Crippen molar-refractivity contribution >= 4 is 22.0 Å². The lowest BCUT2D eigenvalue weighted by Gasteiger charge is -2.38. The van der Waals surface area contributed by atoms with Gasteiger partial charge in [-0.25, -0.2) is 18.0 Å². The van der Waals surface area contributed by atoms with Gasteiger partial charge in [-0.05, 0) is 41.8 Å². The Hall–Kier alpha value is -4.73. The average Bonchev–Trinajstić information content (AvgIpc) is 3.04. The van der Waals surface area contributed by atoms with Crippen LogP contribution in [0, 0.1) is 6.92 Å². The van der Waals surface area contributed by atoms with E-state index in [1.54, 1.807) is 72.8 Å². The van der Waals surface area contributed by atoms with Crippen LogP contribution in [0.2, 0.25) is 0 Å². The Morgan fingerprint density at radius 3 is 1.91 bits per heavy atom. The minimum absolute atomic E-state index is 0.00462. The Morgan fingerprint density at radius 1 is 0.791 bits per heavy atom. The molecule has 0 bridgehead atoms. The van der Waals surface area contributed by atoms with Crippen molar-refractivity contribution < 1.29 is 32.2 Å². The molecular formula is C34H33NO7S. The Morgan fingerprint density at radius 2 is 1.35 bits per heavy atom. The zero-order chi connectivity index (χ0) is 30.9. The van der Waals surface area contributed by atoms with Crippen LogP contribution >= 0.6 is 0 Å². The van der Waals surface area contributed by atoms with Crippen LogP contribution in [0.1, 0.15) is 28.2 Å². The van der Waals surface area contributed by atoms with Crippen molar-refractivity contribution in [3.05, 3.63) is 149 Å². The molecule has 0 radical (unpaired) electrons. The number of carbonyl (C=O) groups is 2. The number of benzene rings is 4. The van der Waals surface area contributed by atoms with E-state index in [-0.39, 0.29) is 11.5 Å². The summed E-state index contributed by atoms with van der Waals surface area (Å²) in [6, 6.07) is 33.1. The fraction of sp³-hybridized carbons (Fsp3) is 0.176. The van der Waals surface area contributed by atoms with Crippen molar-refractivity contribution in [3.63, 3.8) is 0 Å². The normalized spacial score (nSPS) is 13.8. The van der Waals surface area contributed by atoms with Gasteiger partial charge in [0.2, 0.25) is 5.60 Å². The number of hydrogen-bond acceptors (Lipinski definition) is 7. The molecule has 4 aromatic carbocycles. The second-order valence-electron chi connectivity index (χ2n) is 9.75. The van der Waals surface area contributed by atoms with Gasteiger partial charge in [0, 0.05) is 5.92 Å². The van der Waals surface area contributed by atoms with Crippen molar-refractivity contribution in [2.45, 2.75) is 29.9 Å². The van der Waals surface area contributed by atoms with E-state index in [4.69, 9.17) is 14.2 Å². The molecule has 0 aliphatic heterocycles. The first kappa shape index (κ1) is 31.2. The topological polar surface area (TPSA) is 108 Å². The molecule has 9 heteroatoms. The first-order chi connectivity index (χ1) is 20.7. The minimum atomic E-state index is -4.23. The number of carbonyl (C=O) groups excluding carboxylic acids is 2. The molecule has 43 heavy (non-hydrogen) atoms. The number of rotatable bonds is 12. The summed E-state index contributed by atoms with van der Waals surface area (Å²) in [5, 5.41) is 0. The molecule has 2 unspecified atom stereocenters. The molecule has 0 aliphatic carbocycles. The quantitative estimate of drug-likeness (QED) is 0.172. The summed E-state index contributed by atoms with van der Waals surface area (Å²) in [4.78, 5) is 27.1. The van der Waals surface area contributed by atoms with Crippen LogP contribution < -0.4 is 4.72 Å². The van der Waals surface area contributed by atoms with Crippen molar-refractivity contribution in [1.82, 2.24) is 4.72 Å². The van der Waals surface area contributed by atoms with Crippen molar-refractivity contribution in [2.75, 3.05) is 14.2 Å². The highest BCUT2D eigenvalue weighted by molar-refractivity contribution is 7.89. The summed E-state index contributed by atoms with van der Waals surface area (Å²) < 4.78 is 46.2. The Kier molecular flexibility index (Phi) is 10.1. The van der Waals surface area contributed by atoms with Gasteiger partial charge in [-0.2, -0.15) is 0 Å². The third-order valence-corrected chi connectivity index (χ3v) is 8.29. The molecule has 2 atom stereocenters. The van der Waals surface area contributed by atoms with Gasteiger partial charge in [0.15, 0.2) is 0 Å². The highest BCUT2D eigenvalue weighted by Gasteiger charge is 2.50. The number of nitrogens with one attached hydrogen (secondary N) is 1. The summed E-state index contributed by atoms with van der Waals surface area (Å²) in [5.74, 6) is -2.76. The van der Waals surface area contributed by atoms with Crippen molar-refractivity contribution in [2.24, 2.45) is 0 Å². The van der Waals surface area contributed by atoms with Crippen molar-refractivity contribution in [3.8, 4) is 0 Å². The lowest BCUT2D eigenvalue weighted by Crippen LogP contribution is -2.45. The van der Waals surface area contributed by atoms with E-state index in [0.29, 0.717) is 11.1 Å². The molecule has 0 spiro atoms. The third-order valence-electron chi connectivity index (χ3n) is 6.91. The number of sulfonamides is 1. The van der Waals surface area contributed by atoms with Crippen LogP contribution in [0.15, 0.2) is 132 Å². The van der Waals surface area contributed by atoms with Gasteiger partial charge in [-0.1, -0.05) is 109 Å². The maximum Gasteiger partial charge on any atom is 0.354 e. The lowest BCUT2D eigenvalue weighted by atomic mass is 9.76. The van der Waals surface area contributed by atoms with E-state index in [1.807, 2.05) is 37.3 Å². The van der Waals surface area contributed by atoms with E-state index < -0.39 is 39.2 Å². The minimum Gasteiger partial charge on any atom is -0.467 e. The molecule has 4 rings (SSSR count). The van der Waals surface area contributed by atoms with E-state index >= 15 is 0 Å². The van der Waals surface area contributed by atoms with Gasteiger partial charge < -0.3 is 14.2 Å². The molecule has 0 amide bonds. The molecule has 0 saturated carbocycles. The second-order valence-corrected chi connectivity index (χ2v) is 11.4. The highest BCUT2D eigenvalue weighted by Crippen LogP contribution is 2.44. The maximum absolute atomic E-state index is 14.0. The van der Waals surface area contributed by atoms with Crippen LogP contribution in [-0.2, 0) is 46.0 Å². The molecule has 1 N–H and O–H groups in total. The first-order valence-corrected chi connectivity index (χ1v) is 15.0. The SMILES string of the molecule is COC(=O)/C(=C/C(c1ccccc1)C(OCc1ccccc1)(C(=O)OC)c1ccccc1)NS(=O)(=O)c1ccc(C)cc1. The molecular weight excluding hydrogens is 566 g/mol. The molecule has 0 heterocycles. The van der Waals surface area contributed by atoms with E-state index in [2.05, 4.69) is 4.72 Å². The average molecular weight is 600 g/mol. The standard InChI is InChI=1S/C34H33NO7S/c1-25-19-21-29(22-20-25)43(38,39)35-31(32(36)40-2)23-30(27-15-9-5-10-16-27)34(33(37)41-3,28-17-11-6-12-18-28)42-24-26-13-7-4-8-14-26/h4-23,30,35H,24H2,1-3H3/b31-23-. The highest BCUT2D eigenvalue weighted by atomic mass is 32.2. The number of hydrogen-bond donors (Lipinski definition) is 1. The number of ether oxygens (including phenoxy) is 3. The summed E-state index contributed by atoms with van der Waals surface area (Å²) in [6.07, 6.45) is 1.35. The van der Waals surface area contributed by atoms with Crippen LogP contribution in [0.4, 0.5) is 0 Å². The molecule has 0 aliphatic rings. The first-order valence-electron chi connectivity index (χ1n) is 13.5. The smallest absolute Gasteiger partial charge is 0.354 e. The molecule has 222 valence electrons. The lowest BCUT2D eigenvalue weighted by molar-refractivity contribution is -0.176. The van der Waals surface area contributed by atoms with Crippen molar-refractivity contribution in [1.29, 1.82) is 0 Å². The summed E-state index contributed by atoms with van der Waals surface area (Å²) in [7, 11) is -1.83. The molecule has 4 aromatic rings. The predicted molar refractivity (Wildman–Crippen MR) is 162 cm³/mol. The second kappa shape index (κ2) is 14.0. The number of esters is 2. The van der Waals surface area contributed by atoms with Crippen LogP contribution in [0.25, 0.3) is 0 Å². The zero-order valence-corrected chi connectivity index (χ0v) is 24.9. The van der Waals surface area contributed by atoms with E-state index in [9.17, 15) is 18.0 Å². The van der Waals surface area contributed by atoms with Gasteiger partial charge in [-0.15, -0.1) is 0 Å². The predicted octanol–water partition coefficient (Wildman–Crippen LogP) is 5.40. The Balaban J connectivity index is 1.96. The maximum atomic E-state index is 14.0. The van der Waals surface area contributed by atoms with Crippen LogP contribution in [-0.4, -0.2) is 34.6 Å². The van der Waals surface area contributed by atoms with Crippen LogP contribution in [0.3, 0.4) is 0 Å². The monoisotopic (exact) mass is 599 g/mol. The van der Waals surface area contributed by atoms with Crippen LogP contribution in [0.5, 0.6) is 0 Å². The zero-order valence-electron chi connectivity index (χ0n) is 24.1. The summed E-state index contributed by atoms with van der Waals surface area (Å²) in [6.45, 7) is 1.84. The molecule has 8 nitrogen and oxygen atoms in total. The molecule has 0 aromatic heterocycles. The third kappa shape index (κ3) is 7.20. The van der Waals surface area contributed by atoms with Gasteiger partial charge in [0.1, 0.15) is 5.70 Å². The van der Waals surface area contributed by atoms with Gasteiger partial charge in [0.05, 0.1) is 25.7 Å². The Bertz CT molecular complexity index is 1660. The fourth-order valence-corrected chi connectivity index (χ4v) is 5.77. The van der Waals surface area contributed by atoms with E-state index in [1.165, 1.54) is 25.3 Å². The van der Waals surface area contributed by atoms with E-state index in [0.717, 1.165) is 18.2 Å². The Labute approximate surface area is 252 Å². The number of methoxy groups -OCH3 is 2. The van der Waals surface area contributed by atoms with Gasteiger partial charge in [0.25, 0.3) is 10.0 Å². The molecule has 0 fully saturated rings. The largest absolute Gasteiger partial charge is 0.467 e. The van der Waals surface area contributed by atoms with Gasteiger partial charge in [-0.3, -0.25) is 4.72 Å². The molecule has 0 saturated heterocycles. The fourth-order valence-electron chi connectivity index (χ4n) is 4.72. The van der Waals surface area contributed by atoms with Gasteiger partial charge >= 0.3 is 11.9 Å². The summed E-state index contributed by atoms with van der Waals surface area (Å²) in [5.41, 5.74) is 0.393. The summed E-state index contributed by atoms with van der Waals surface area (Å²) >= 11 is 0. The number of aryl methyl sites for hydroxylation is 1.